The van der Waals surface area contributed by atoms with Crippen LogP contribution in [0.3, 0.4) is 0 Å². The van der Waals surface area contributed by atoms with E-state index < -0.39 is 0 Å². The zero-order chi connectivity index (χ0) is 15.9. The van der Waals surface area contributed by atoms with Crippen LogP contribution in [-0.2, 0) is 4.79 Å². The largest absolute Gasteiger partial charge is 0.484 e. The van der Waals surface area contributed by atoms with Crippen LogP contribution in [0.1, 0.15) is 18.1 Å². The molecule has 1 N–H and O–H groups in total. The molecule has 0 aromatic heterocycles. The quantitative estimate of drug-likeness (QED) is 0.801. The first-order chi connectivity index (χ1) is 10.6. The van der Waals surface area contributed by atoms with Crippen molar-refractivity contribution < 1.29 is 9.53 Å². The Labute approximate surface area is 136 Å². The van der Waals surface area contributed by atoms with E-state index in [1.807, 2.05) is 50.2 Å². The SMILES string of the molecule is CCSc1ccccc1NC(=O)COc1cc(C)cc(C)c1. The summed E-state index contributed by atoms with van der Waals surface area (Å²) in [6.45, 7) is 6.12. The molecule has 116 valence electrons. The Balaban J connectivity index is 1.96. The molecular formula is C18H21NO2S. The van der Waals surface area contributed by atoms with Gasteiger partial charge in [-0.25, -0.2) is 0 Å². The molecule has 0 bridgehead atoms. The van der Waals surface area contributed by atoms with Crippen molar-refractivity contribution in [1.29, 1.82) is 0 Å². The molecule has 22 heavy (non-hydrogen) atoms. The van der Waals surface area contributed by atoms with Crippen LogP contribution in [0.5, 0.6) is 5.75 Å². The number of nitrogens with one attached hydrogen (secondary N) is 1. The van der Waals surface area contributed by atoms with E-state index in [2.05, 4.69) is 18.3 Å². The van der Waals surface area contributed by atoms with Gasteiger partial charge in [-0.05, 0) is 55.0 Å². The summed E-state index contributed by atoms with van der Waals surface area (Å²) in [7, 11) is 0. The summed E-state index contributed by atoms with van der Waals surface area (Å²) < 4.78 is 5.58. The van der Waals surface area contributed by atoms with Gasteiger partial charge in [0.2, 0.25) is 0 Å². The maximum Gasteiger partial charge on any atom is 0.262 e. The van der Waals surface area contributed by atoms with Crippen LogP contribution in [0.15, 0.2) is 47.4 Å². The molecule has 2 rings (SSSR count). The van der Waals surface area contributed by atoms with Crippen molar-refractivity contribution in [2.45, 2.75) is 25.7 Å². The first-order valence-corrected chi connectivity index (χ1v) is 8.30. The lowest BCUT2D eigenvalue weighted by atomic mass is 10.1. The van der Waals surface area contributed by atoms with E-state index in [4.69, 9.17) is 4.74 Å². The number of thioether (sulfide) groups is 1. The molecule has 0 fully saturated rings. The first-order valence-electron chi connectivity index (χ1n) is 7.31. The van der Waals surface area contributed by atoms with E-state index in [1.165, 1.54) is 0 Å². The summed E-state index contributed by atoms with van der Waals surface area (Å²) in [6.07, 6.45) is 0. The lowest BCUT2D eigenvalue weighted by molar-refractivity contribution is -0.118. The Morgan fingerprint density at radius 2 is 1.82 bits per heavy atom. The summed E-state index contributed by atoms with van der Waals surface area (Å²) in [6, 6.07) is 13.7. The van der Waals surface area contributed by atoms with Gasteiger partial charge in [-0.2, -0.15) is 0 Å². The number of aryl methyl sites for hydroxylation is 2. The molecule has 0 aliphatic carbocycles. The van der Waals surface area contributed by atoms with Crippen LogP contribution in [-0.4, -0.2) is 18.3 Å². The van der Waals surface area contributed by atoms with Gasteiger partial charge in [0.05, 0.1) is 5.69 Å². The minimum atomic E-state index is -0.150. The number of anilines is 1. The number of amides is 1. The highest BCUT2D eigenvalue weighted by atomic mass is 32.2. The zero-order valence-corrected chi connectivity index (χ0v) is 14.0. The highest BCUT2D eigenvalue weighted by Crippen LogP contribution is 2.26. The van der Waals surface area contributed by atoms with E-state index in [-0.39, 0.29) is 12.5 Å². The molecule has 0 aliphatic heterocycles. The summed E-state index contributed by atoms with van der Waals surface area (Å²) in [5.74, 6) is 1.54. The second-order valence-electron chi connectivity index (χ2n) is 5.09. The molecule has 1 amide bonds. The molecule has 2 aromatic carbocycles. The minimum absolute atomic E-state index is 0.00796. The van der Waals surface area contributed by atoms with Crippen LogP contribution >= 0.6 is 11.8 Å². The van der Waals surface area contributed by atoms with Crippen molar-refractivity contribution in [3.05, 3.63) is 53.6 Å². The van der Waals surface area contributed by atoms with E-state index in [1.54, 1.807) is 11.8 Å². The number of carbonyl (C=O) groups excluding carboxylic acids is 1. The number of carbonyl (C=O) groups is 1. The molecule has 0 radical (unpaired) electrons. The van der Waals surface area contributed by atoms with E-state index in [0.717, 1.165) is 33.2 Å². The second-order valence-corrected chi connectivity index (χ2v) is 6.40. The number of hydrogen-bond acceptors (Lipinski definition) is 3. The number of rotatable bonds is 6. The van der Waals surface area contributed by atoms with Gasteiger partial charge < -0.3 is 10.1 Å². The van der Waals surface area contributed by atoms with Gasteiger partial charge in [-0.1, -0.05) is 25.1 Å². The number of para-hydroxylation sites is 1. The third kappa shape index (κ3) is 4.81. The van der Waals surface area contributed by atoms with Crippen molar-refractivity contribution in [3.8, 4) is 5.75 Å². The molecule has 2 aromatic rings. The fraction of sp³-hybridized carbons (Fsp3) is 0.278. The second kappa shape index (κ2) is 7.90. The topological polar surface area (TPSA) is 38.3 Å². The van der Waals surface area contributed by atoms with Crippen molar-refractivity contribution in [3.63, 3.8) is 0 Å². The molecule has 0 saturated carbocycles. The summed E-state index contributed by atoms with van der Waals surface area (Å²) in [5.41, 5.74) is 3.09. The van der Waals surface area contributed by atoms with Gasteiger partial charge in [-0.15, -0.1) is 11.8 Å². The fourth-order valence-corrected chi connectivity index (χ4v) is 2.96. The maximum atomic E-state index is 12.1. The standard InChI is InChI=1S/C18H21NO2S/c1-4-22-17-8-6-5-7-16(17)19-18(20)12-21-15-10-13(2)9-14(3)11-15/h5-11H,4,12H2,1-3H3,(H,19,20). The summed E-state index contributed by atoms with van der Waals surface area (Å²) in [5, 5.41) is 2.91. The highest BCUT2D eigenvalue weighted by Gasteiger charge is 2.07. The molecule has 0 unspecified atom stereocenters. The van der Waals surface area contributed by atoms with Gasteiger partial charge in [0.15, 0.2) is 6.61 Å². The molecule has 0 spiro atoms. The van der Waals surface area contributed by atoms with Gasteiger partial charge in [0, 0.05) is 4.90 Å². The Kier molecular flexibility index (Phi) is 5.90. The Bertz CT molecular complexity index is 635. The Morgan fingerprint density at radius 3 is 2.50 bits per heavy atom. The number of ether oxygens (including phenoxy) is 1. The molecule has 4 heteroatoms. The van der Waals surface area contributed by atoms with E-state index in [9.17, 15) is 4.79 Å². The Hall–Kier alpha value is -1.94. The van der Waals surface area contributed by atoms with Crippen LogP contribution in [0.2, 0.25) is 0 Å². The summed E-state index contributed by atoms with van der Waals surface area (Å²) in [4.78, 5) is 13.1. The molecule has 0 heterocycles. The Morgan fingerprint density at radius 1 is 1.14 bits per heavy atom. The predicted octanol–water partition coefficient (Wildman–Crippen LogP) is 4.43. The lowest BCUT2D eigenvalue weighted by Gasteiger charge is -2.11. The van der Waals surface area contributed by atoms with Gasteiger partial charge in [-0.3, -0.25) is 4.79 Å². The molecule has 0 aliphatic rings. The normalized spacial score (nSPS) is 10.3. The molecule has 0 saturated heterocycles. The molecular weight excluding hydrogens is 294 g/mol. The van der Waals surface area contributed by atoms with E-state index in [0.29, 0.717) is 0 Å². The highest BCUT2D eigenvalue weighted by molar-refractivity contribution is 7.99. The van der Waals surface area contributed by atoms with Crippen molar-refractivity contribution in [2.24, 2.45) is 0 Å². The van der Waals surface area contributed by atoms with Crippen LogP contribution in [0.4, 0.5) is 5.69 Å². The van der Waals surface area contributed by atoms with Crippen molar-refractivity contribution >= 4 is 23.4 Å². The van der Waals surface area contributed by atoms with Gasteiger partial charge in [0.1, 0.15) is 5.75 Å². The average molecular weight is 315 g/mol. The zero-order valence-electron chi connectivity index (χ0n) is 13.2. The maximum absolute atomic E-state index is 12.1. The molecule has 0 atom stereocenters. The predicted molar refractivity (Wildman–Crippen MR) is 92.9 cm³/mol. The molecule has 3 nitrogen and oxygen atoms in total. The summed E-state index contributed by atoms with van der Waals surface area (Å²) >= 11 is 1.71. The smallest absolute Gasteiger partial charge is 0.262 e. The van der Waals surface area contributed by atoms with Gasteiger partial charge in [0.25, 0.3) is 5.91 Å². The minimum Gasteiger partial charge on any atom is -0.484 e. The number of benzene rings is 2. The third-order valence-corrected chi connectivity index (χ3v) is 3.98. The average Bonchev–Trinajstić information content (AvgIpc) is 2.46. The lowest BCUT2D eigenvalue weighted by Crippen LogP contribution is -2.20. The van der Waals surface area contributed by atoms with Gasteiger partial charge >= 0.3 is 0 Å². The van der Waals surface area contributed by atoms with Crippen LogP contribution in [0, 0.1) is 13.8 Å². The van der Waals surface area contributed by atoms with Crippen molar-refractivity contribution in [1.82, 2.24) is 0 Å². The van der Waals surface area contributed by atoms with Crippen molar-refractivity contribution in [2.75, 3.05) is 17.7 Å². The monoisotopic (exact) mass is 315 g/mol. The van der Waals surface area contributed by atoms with E-state index >= 15 is 0 Å². The first kappa shape index (κ1) is 16.4. The van der Waals surface area contributed by atoms with Crippen LogP contribution < -0.4 is 10.1 Å². The fourth-order valence-electron chi connectivity index (χ4n) is 2.20. The van der Waals surface area contributed by atoms with Crippen LogP contribution in [0.25, 0.3) is 0 Å². The number of hydrogen-bond donors (Lipinski definition) is 1. The third-order valence-electron chi connectivity index (χ3n) is 3.03.